The Labute approximate surface area is 421 Å². The molecule has 1 saturated carbocycles. The van der Waals surface area contributed by atoms with Crippen LogP contribution in [0.1, 0.15) is 105 Å². The van der Waals surface area contributed by atoms with Crippen molar-refractivity contribution in [1.29, 1.82) is 0 Å². The number of amides is 1. The highest BCUT2D eigenvalue weighted by molar-refractivity contribution is 6.39. The summed E-state index contributed by atoms with van der Waals surface area (Å²) in [6.07, 6.45) is 5.24. The number of carbonyl (C=O) groups excluding carboxylic acids is 4. The number of allylic oxidation sites excluding steroid dienone is 4. The maximum Gasteiger partial charge on any atom is 0.329 e. The number of Topliss-reactive ketones (excluding diaryl/α,β-unsaturated/α-hetero) is 2. The largest absolute Gasteiger partial charge is 0.456 e. The average Bonchev–Trinajstić information content (AvgIpc) is 3.34. The average molecular weight is 1000 g/mol. The molecule has 402 valence electrons. The zero-order valence-electron chi connectivity index (χ0n) is 43.5. The van der Waals surface area contributed by atoms with E-state index in [1.807, 2.05) is 37.8 Å². The molecule has 4 saturated heterocycles. The van der Waals surface area contributed by atoms with E-state index in [0.29, 0.717) is 89.3 Å². The van der Waals surface area contributed by atoms with Crippen LogP contribution in [-0.4, -0.2) is 199 Å². The zero-order chi connectivity index (χ0) is 51.6. The number of piperidine rings is 1. The smallest absolute Gasteiger partial charge is 0.329 e. The predicted octanol–water partition coefficient (Wildman–Crippen LogP) is 3.32. The lowest BCUT2D eigenvalue weighted by Crippen LogP contribution is -2.64. The van der Waals surface area contributed by atoms with Crippen molar-refractivity contribution in [3.05, 3.63) is 35.5 Å². The number of ketones is 2. The Morgan fingerprint density at radius 3 is 2.25 bits per heavy atom. The molecule has 2 bridgehead atoms. The van der Waals surface area contributed by atoms with Gasteiger partial charge in [-0.1, -0.05) is 50.6 Å². The SMILES string of the molecule is CO[C@H]1C[C@@H](C)C/C(C)=C/[C@@H](C/C=C/CO)C(=O)C[C@H](O)[C@@H](C)[C@@H](/C(C)=C/[C@@H]2CC[C@@H](OC(O)N3CC(N4CCOCC4)C3)[C@H](OC)C2)OC(=O)[C@@H]2CCCCN2C(=O)C(=O)[C@]2(O)O[C@H]1[C@@H](OC)C[C@H]2C. The number of rotatable bonds is 12. The molecule has 0 aromatic heterocycles. The van der Waals surface area contributed by atoms with Crippen LogP contribution in [-0.2, 0) is 52.3 Å². The lowest BCUT2D eigenvalue weighted by Gasteiger charge is -2.48. The van der Waals surface area contributed by atoms with Crippen LogP contribution in [0.3, 0.4) is 0 Å². The summed E-state index contributed by atoms with van der Waals surface area (Å²) in [5.41, 5.74) is 1.55. The third-order valence-corrected chi connectivity index (χ3v) is 16.2. The van der Waals surface area contributed by atoms with Gasteiger partial charge in [0.1, 0.15) is 24.0 Å². The molecule has 15 atom stereocenters. The molecular weight excluding hydrogens is 919 g/mol. The molecule has 1 unspecified atom stereocenters. The fourth-order valence-corrected chi connectivity index (χ4v) is 11.8. The van der Waals surface area contributed by atoms with Crippen LogP contribution in [0.2, 0.25) is 0 Å². The lowest BCUT2D eigenvalue weighted by atomic mass is 9.81. The molecule has 1 amide bonds. The van der Waals surface area contributed by atoms with E-state index >= 15 is 0 Å². The Morgan fingerprint density at radius 2 is 1.58 bits per heavy atom. The first kappa shape index (κ1) is 57.3. The lowest BCUT2D eigenvalue weighted by molar-refractivity contribution is -0.302. The molecule has 0 radical (unpaired) electrons. The number of cyclic esters (lactones) is 1. The molecule has 6 rings (SSSR count). The first-order valence-electron chi connectivity index (χ1n) is 26.2. The highest BCUT2D eigenvalue weighted by Crippen LogP contribution is 2.40. The topological polar surface area (TPSA) is 224 Å². The highest BCUT2D eigenvalue weighted by Gasteiger charge is 2.57. The van der Waals surface area contributed by atoms with E-state index in [0.717, 1.165) is 18.7 Å². The van der Waals surface area contributed by atoms with Gasteiger partial charge in [-0.15, -0.1) is 0 Å². The Balaban J connectivity index is 1.27. The number of nitrogens with zero attached hydrogens (tertiary/aromatic N) is 3. The highest BCUT2D eigenvalue weighted by atomic mass is 16.7. The van der Waals surface area contributed by atoms with E-state index in [1.165, 1.54) is 19.1 Å². The van der Waals surface area contributed by atoms with Crippen LogP contribution in [0.5, 0.6) is 0 Å². The first-order valence-corrected chi connectivity index (χ1v) is 26.2. The maximum atomic E-state index is 14.6. The summed E-state index contributed by atoms with van der Waals surface area (Å²) in [5.74, 6) is -8.18. The second-order valence-corrected chi connectivity index (χ2v) is 21.3. The van der Waals surface area contributed by atoms with Crippen molar-refractivity contribution < 1.29 is 72.8 Å². The number of carbonyl (C=O) groups is 4. The van der Waals surface area contributed by atoms with E-state index in [4.69, 9.17) is 33.2 Å². The summed E-state index contributed by atoms with van der Waals surface area (Å²) >= 11 is 0. The van der Waals surface area contributed by atoms with Crippen molar-refractivity contribution in [2.45, 2.75) is 172 Å². The van der Waals surface area contributed by atoms with Gasteiger partial charge in [0.05, 0.1) is 50.3 Å². The third-order valence-electron chi connectivity index (χ3n) is 16.2. The summed E-state index contributed by atoms with van der Waals surface area (Å²) in [4.78, 5) is 63.2. The van der Waals surface area contributed by atoms with Crippen LogP contribution in [0.25, 0.3) is 0 Å². The monoisotopic (exact) mass is 1000 g/mol. The summed E-state index contributed by atoms with van der Waals surface area (Å²) in [6, 6.07) is -0.833. The Morgan fingerprint density at radius 1 is 0.887 bits per heavy atom. The number of esters is 1. The molecule has 0 aromatic carbocycles. The summed E-state index contributed by atoms with van der Waals surface area (Å²) < 4.78 is 42.2. The molecule has 5 aliphatic heterocycles. The van der Waals surface area contributed by atoms with Gasteiger partial charge in [0, 0.05) is 84.3 Å². The van der Waals surface area contributed by atoms with Gasteiger partial charge in [-0.3, -0.25) is 24.2 Å². The van der Waals surface area contributed by atoms with Gasteiger partial charge in [-0.25, -0.2) is 4.79 Å². The van der Waals surface area contributed by atoms with E-state index in [-0.39, 0.29) is 62.2 Å². The normalized spacial score (nSPS) is 39.0. The van der Waals surface area contributed by atoms with Gasteiger partial charge in [0.25, 0.3) is 11.7 Å². The van der Waals surface area contributed by atoms with Gasteiger partial charge in [0.15, 0.2) is 0 Å². The van der Waals surface area contributed by atoms with E-state index in [9.17, 15) is 39.6 Å². The van der Waals surface area contributed by atoms with Gasteiger partial charge in [-0.2, -0.15) is 0 Å². The van der Waals surface area contributed by atoms with Crippen LogP contribution in [0.15, 0.2) is 35.5 Å². The standard InChI is InChI=1S/C53H85N3O15/c1-32-23-33(2)25-45(66-7)48-46(67-8)27-35(4)53(64,71-48)49(60)50(61)56-17-11-9-14-40(56)51(62)70-47(36(5)41(58)29-42(59)38(24-32)13-10-12-20-57)34(3)26-37-15-16-43(44(28-37)65-6)69-52(63)55-30-39(31-55)54-18-21-68-22-19-54/h10,12,24,26,33,35-41,43-48,52,57-58,63-64H,9,11,13-23,25,27-31H2,1-8H3/b12-10+,32-24+,34-26+/t33-,35+,36+,37-,38+,40-,41-,43+,44+,45-,46-,47+,48+,52?,53+/m0/s1. The Bertz CT molecular complexity index is 1870. The fraction of sp³-hybridized carbons (Fsp3) is 0.811. The minimum absolute atomic E-state index is 0.0362. The number of ether oxygens (including phenoxy) is 7. The Kier molecular flexibility index (Phi) is 21.4. The van der Waals surface area contributed by atoms with Crippen LogP contribution in [0, 0.1) is 29.6 Å². The molecule has 6 aliphatic rings. The number of aliphatic hydroxyl groups is 4. The van der Waals surface area contributed by atoms with E-state index in [1.54, 1.807) is 33.1 Å². The van der Waals surface area contributed by atoms with Crippen molar-refractivity contribution in [2.75, 3.05) is 73.9 Å². The molecule has 0 aromatic rings. The van der Waals surface area contributed by atoms with Gasteiger partial charge >= 0.3 is 5.97 Å². The molecule has 5 fully saturated rings. The number of fused-ring (bicyclic) bond motifs is 3. The zero-order valence-corrected chi connectivity index (χ0v) is 43.5. The Hall–Kier alpha value is -2.98. The number of likely N-dealkylation sites (tertiary alicyclic amines) is 1. The van der Waals surface area contributed by atoms with E-state index in [2.05, 4.69) is 4.90 Å². The minimum atomic E-state index is -2.55. The van der Waals surface area contributed by atoms with Crippen molar-refractivity contribution in [2.24, 2.45) is 29.6 Å². The summed E-state index contributed by atoms with van der Waals surface area (Å²) in [5, 5.41) is 44.8. The number of hydrogen-bond acceptors (Lipinski definition) is 17. The number of hydrogen-bond donors (Lipinski definition) is 4. The molecule has 71 heavy (non-hydrogen) atoms. The van der Waals surface area contributed by atoms with Crippen LogP contribution < -0.4 is 0 Å². The summed E-state index contributed by atoms with van der Waals surface area (Å²) in [6.45, 7) is 13.6. The molecule has 18 nitrogen and oxygen atoms in total. The van der Waals surface area contributed by atoms with Crippen molar-refractivity contribution in [3.63, 3.8) is 0 Å². The second-order valence-electron chi connectivity index (χ2n) is 21.3. The molecular formula is C53H85N3O15. The molecule has 5 heterocycles. The number of aliphatic hydroxyl groups excluding tert-OH is 3. The molecule has 0 spiro atoms. The number of morpholine rings is 1. The van der Waals surface area contributed by atoms with Gasteiger partial charge < -0.3 is 58.5 Å². The van der Waals surface area contributed by atoms with Crippen molar-refractivity contribution in [3.8, 4) is 0 Å². The summed E-state index contributed by atoms with van der Waals surface area (Å²) in [7, 11) is 4.66. The van der Waals surface area contributed by atoms with E-state index < -0.39 is 84.2 Å². The van der Waals surface area contributed by atoms with Crippen LogP contribution >= 0.6 is 0 Å². The quantitative estimate of drug-likeness (QED) is 0.0953. The predicted molar refractivity (Wildman–Crippen MR) is 261 cm³/mol. The number of methoxy groups -OCH3 is 3. The molecule has 4 N–H and O–H groups in total. The van der Waals surface area contributed by atoms with Gasteiger partial charge in [0.2, 0.25) is 12.2 Å². The van der Waals surface area contributed by atoms with Gasteiger partial charge in [-0.05, 0) is 95.5 Å². The second kappa shape index (κ2) is 26.5. The maximum absolute atomic E-state index is 14.6. The first-order chi connectivity index (χ1) is 33.9. The van der Waals surface area contributed by atoms with Crippen molar-refractivity contribution >= 4 is 23.4 Å². The van der Waals surface area contributed by atoms with Crippen molar-refractivity contribution in [1.82, 2.24) is 14.7 Å². The van der Waals surface area contributed by atoms with Crippen LogP contribution in [0.4, 0.5) is 0 Å². The minimum Gasteiger partial charge on any atom is -0.456 e. The fourth-order valence-electron chi connectivity index (χ4n) is 11.8. The molecule has 1 aliphatic carbocycles. The molecule has 18 heteroatoms. The third kappa shape index (κ3) is 14.2.